The summed E-state index contributed by atoms with van der Waals surface area (Å²) in [6.07, 6.45) is 2.12. The molecule has 0 bridgehead atoms. The van der Waals surface area contributed by atoms with Crippen molar-refractivity contribution in [1.29, 1.82) is 0 Å². The normalized spacial score (nSPS) is 13.0. The van der Waals surface area contributed by atoms with Crippen molar-refractivity contribution in [1.82, 2.24) is 9.88 Å². The Bertz CT molecular complexity index is 355. The molecule has 1 aromatic rings. The molecule has 0 aromatic carbocycles. The molecule has 0 aliphatic rings. The second kappa shape index (κ2) is 5.89. The van der Waals surface area contributed by atoms with Crippen molar-refractivity contribution in [2.24, 2.45) is 0 Å². The van der Waals surface area contributed by atoms with E-state index in [1.165, 1.54) is 5.69 Å². The van der Waals surface area contributed by atoms with Crippen LogP contribution >= 0.6 is 0 Å². The molecule has 0 saturated carbocycles. The van der Waals surface area contributed by atoms with Crippen LogP contribution in [0.2, 0.25) is 0 Å². The summed E-state index contributed by atoms with van der Waals surface area (Å²) in [5.41, 5.74) is 1.40. The minimum atomic E-state index is -0.0586. The average Bonchev–Trinajstić information content (AvgIpc) is 2.59. The van der Waals surface area contributed by atoms with Crippen LogP contribution in [0.1, 0.15) is 47.2 Å². The lowest BCUT2D eigenvalue weighted by Gasteiger charge is -2.22. The third-order valence-corrected chi connectivity index (χ3v) is 2.59. The van der Waals surface area contributed by atoms with Crippen molar-refractivity contribution in [3.63, 3.8) is 0 Å². The SMILES string of the molecule is CC(C)(C)NCc1cccn1CCOC(C)(C)C. The van der Waals surface area contributed by atoms with Gasteiger partial charge in [-0.1, -0.05) is 0 Å². The molecule has 0 aliphatic heterocycles. The Morgan fingerprint density at radius 1 is 1.17 bits per heavy atom. The van der Waals surface area contributed by atoms with Crippen LogP contribution in [0.3, 0.4) is 0 Å². The van der Waals surface area contributed by atoms with Gasteiger partial charge in [-0.15, -0.1) is 0 Å². The lowest BCUT2D eigenvalue weighted by molar-refractivity contribution is -0.00704. The molecular weight excluding hydrogens is 224 g/mol. The zero-order chi connectivity index (χ0) is 13.8. The van der Waals surface area contributed by atoms with Crippen LogP contribution in [0.4, 0.5) is 0 Å². The van der Waals surface area contributed by atoms with E-state index in [1.807, 2.05) is 0 Å². The van der Waals surface area contributed by atoms with E-state index in [2.05, 4.69) is 69.8 Å². The highest BCUT2D eigenvalue weighted by Gasteiger charge is 2.12. The summed E-state index contributed by atoms with van der Waals surface area (Å²) in [6.45, 7) is 15.4. The summed E-state index contributed by atoms with van der Waals surface area (Å²) in [7, 11) is 0. The van der Waals surface area contributed by atoms with Crippen LogP contribution in [0.25, 0.3) is 0 Å². The number of nitrogens with zero attached hydrogens (tertiary/aromatic N) is 1. The molecule has 3 nitrogen and oxygen atoms in total. The van der Waals surface area contributed by atoms with Crippen LogP contribution in [-0.2, 0) is 17.8 Å². The molecule has 0 unspecified atom stereocenters. The van der Waals surface area contributed by atoms with E-state index in [0.717, 1.165) is 19.7 Å². The average molecular weight is 252 g/mol. The molecule has 0 fully saturated rings. The van der Waals surface area contributed by atoms with Gasteiger partial charge in [0.1, 0.15) is 0 Å². The fourth-order valence-electron chi connectivity index (χ4n) is 1.63. The first-order valence-electron chi connectivity index (χ1n) is 6.70. The van der Waals surface area contributed by atoms with Gasteiger partial charge in [0.25, 0.3) is 0 Å². The lowest BCUT2D eigenvalue weighted by atomic mass is 10.1. The molecule has 0 atom stereocenters. The zero-order valence-corrected chi connectivity index (χ0v) is 12.7. The Hall–Kier alpha value is -0.800. The van der Waals surface area contributed by atoms with E-state index in [-0.39, 0.29) is 11.1 Å². The maximum absolute atomic E-state index is 5.76. The third kappa shape index (κ3) is 6.22. The molecule has 1 heterocycles. The summed E-state index contributed by atoms with van der Waals surface area (Å²) in [5, 5.41) is 3.51. The van der Waals surface area contributed by atoms with Crippen molar-refractivity contribution in [3.05, 3.63) is 24.0 Å². The molecule has 1 rings (SSSR count). The van der Waals surface area contributed by atoms with Gasteiger partial charge in [-0.25, -0.2) is 0 Å². The van der Waals surface area contributed by atoms with Crippen LogP contribution in [0, 0.1) is 0 Å². The number of aromatic nitrogens is 1. The highest BCUT2D eigenvalue weighted by atomic mass is 16.5. The fraction of sp³-hybridized carbons (Fsp3) is 0.733. The van der Waals surface area contributed by atoms with Gasteiger partial charge >= 0.3 is 0 Å². The van der Waals surface area contributed by atoms with Gasteiger partial charge in [0.15, 0.2) is 0 Å². The quantitative estimate of drug-likeness (QED) is 0.871. The number of rotatable bonds is 5. The van der Waals surface area contributed by atoms with Crippen LogP contribution in [-0.4, -0.2) is 22.3 Å². The summed E-state index contributed by atoms with van der Waals surface area (Å²) in [4.78, 5) is 0. The maximum atomic E-state index is 5.76. The van der Waals surface area contributed by atoms with E-state index in [1.54, 1.807) is 0 Å². The van der Waals surface area contributed by atoms with Crippen LogP contribution in [0.5, 0.6) is 0 Å². The molecule has 1 N–H and O–H groups in total. The first-order valence-corrected chi connectivity index (χ1v) is 6.70. The van der Waals surface area contributed by atoms with Crippen molar-refractivity contribution in [2.75, 3.05) is 6.61 Å². The third-order valence-electron chi connectivity index (χ3n) is 2.59. The van der Waals surface area contributed by atoms with Gasteiger partial charge in [0, 0.05) is 30.5 Å². The Morgan fingerprint density at radius 3 is 2.39 bits per heavy atom. The Morgan fingerprint density at radius 2 is 1.83 bits per heavy atom. The van der Waals surface area contributed by atoms with Gasteiger partial charge in [-0.3, -0.25) is 0 Å². The number of hydrogen-bond donors (Lipinski definition) is 1. The van der Waals surface area contributed by atoms with Crippen molar-refractivity contribution in [3.8, 4) is 0 Å². The monoisotopic (exact) mass is 252 g/mol. The van der Waals surface area contributed by atoms with Gasteiger partial charge in [-0.05, 0) is 53.7 Å². The van der Waals surface area contributed by atoms with Crippen LogP contribution in [0.15, 0.2) is 18.3 Å². The standard InChI is InChI=1S/C15H28N2O/c1-14(2,3)16-12-13-8-7-9-17(13)10-11-18-15(4,5)6/h7-9,16H,10-12H2,1-6H3. The second-order valence-electron chi connectivity index (χ2n) is 6.76. The minimum absolute atomic E-state index is 0.0586. The molecule has 18 heavy (non-hydrogen) atoms. The van der Waals surface area contributed by atoms with E-state index >= 15 is 0 Å². The predicted molar refractivity (Wildman–Crippen MR) is 76.7 cm³/mol. The van der Waals surface area contributed by atoms with E-state index in [0.29, 0.717) is 0 Å². The molecular formula is C15H28N2O. The van der Waals surface area contributed by atoms with Crippen molar-refractivity contribution < 1.29 is 4.74 Å². The smallest absolute Gasteiger partial charge is 0.0652 e. The first-order chi connectivity index (χ1) is 8.17. The summed E-state index contributed by atoms with van der Waals surface area (Å²) >= 11 is 0. The fourth-order valence-corrected chi connectivity index (χ4v) is 1.63. The van der Waals surface area contributed by atoms with E-state index in [4.69, 9.17) is 4.74 Å². The molecule has 104 valence electrons. The predicted octanol–water partition coefficient (Wildman–Crippen LogP) is 3.19. The lowest BCUT2D eigenvalue weighted by Crippen LogP contribution is -2.35. The number of hydrogen-bond acceptors (Lipinski definition) is 2. The maximum Gasteiger partial charge on any atom is 0.0652 e. The van der Waals surface area contributed by atoms with Gasteiger partial charge < -0.3 is 14.6 Å². The van der Waals surface area contributed by atoms with Crippen molar-refractivity contribution in [2.45, 2.75) is 65.8 Å². The van der Waals surface area contributed by atoms with Gasteiger partial charge in [-0.2, -0.15) is 0 Å². The summed E-state index contributed by atoms with van der Waals surface area (Å²) in [5.74, 6) is 0. The second-order valence-corrected chi connectivity index (χ2v) is 6.76. The number of ether oxygens (including phenoxy) is 1. The Labute approximate surface area is 112 Å². The van der Waals surface area contributed by atoms with Gasteiger partial charge in [0.05, 0.1) is 12.2 Å². The highest BCUT2D eigenvalue weighted by Crippen LogP contribution is 2.09. The topological polar surface area (TPSA) is 26.2 Å². The number of nitrogens with one attached hydrogen (secondary N) is 1. The first kappa shape index (κ1) is 15.3. The zero-order valence-electron chi connectivity index (χ0n) is 12.7. The van der Waals surface area contributed by atoms with E-state index < -0.39 is 0 Å². The molecule has 0 spiro atoms. The molecule has 0 amide bonds. The minimum Gasteiger partial charge on any atom is -0.374 e. The molecule has 0 aliphatic carbocycles. The molecule has 0 radical (unpaired) electrons. The molecule has 0 saturated heterocycles. The van der Waals surface area contributed by atoms with Gasteiger partial charge in [0.2, 0.25) is 0 Å². The van der Waals surface area contributed by atoms with Crippen molar-refractivity contribution >= 4 is 0 Å². The summed E-state index contributed by atoms with van der Waals surface area (Å²) in [6, 6.07) is 4.26. The Kier molecular flexibility index (Phi) is 5.00. The summed E-state index contributed by atoms with van der Waals surface area (Å²) < 4.78 is 8.02. The largest absolute Gasteiger partial charge is 0.374 e. The highest BCUT2D eigenvalue weighted by molar-refractivity contribution is 5.07. The molecule has 1 aromatic heterocycles. The van der Waals surface area contributed by atoms with E-state index in [9.17, 15) is 0 Å². The molecule has 3 heteroatoms. The van der Waals surface area contributed by atoms with Crippen LogP contribution < -0.4 is 5.32 Å². The Balaban J connectivity index is 2.45.